The molecule has 1 aromatic rings. The summed E-state index contributed by atoms with van der Waals surface area (Å²) in [5.41, 5.74) is 0.712. The van der Waals surface area contributed by atoms with Gasteiger partial charge < -0.3 is 15.5 Å². The lowest BCUT2D eigenvalue weighted by molar-refractivity contribution is -0.134. The zero-order valence-corrected chi connectivity index (χ0v) is 15.5. The molecule has 0 aromatic heterocycles. The number of carboxylic acids is 2. The summed E-state index contributed by atoms with van der Waals surface area (Å²) < 4.78 is 0. The Kier molecular flexibility index (Phi) is 9.71. The van der Waals surface area contributed by atoms with Crippen LogP contribution in [0.3, 0.4) is 0 Å². The first-order chi connectivity index (χ1) is 11.4. The van der Waals surface area contributed by atoms with E-state index < -0.39 is 11.9 Å². The normalized spacial score (nSPS) is 12.2. The summed E-state index contributed by atoms with van der Waals surface area (Å²) in [5, 5.41) is 19.6. The molecule has 0 radical (unpaired) electrons. The molecule has 7 heteroatoms. The number of ketones is 1. The highest BCUT2D eigenvalue weighted by molar-refractivity contribution is 6.31. The van der Waals surface area contributed by atoms with Gasteiger partial charge in [-0.05, 0) is 32.9 Å². The fourth-order valence-electron chi connectivity index (χ4n) is 1.62. The molecule has 0 aliphatic heterocycles. The van der Waals surface area contributed by atoms with E-state index in [4.69, 9.17) is 21.8 Å². The lowest BCUT2D eigenvalue weighted by Crippen LogP contribution is -2.40. The van der Waals surface area contributed by atoms with E-state index in [2.05, 4.69) is 26.1 Å². The van der Waals surface area contributed by atoms with Gasteiger partial charge in [0.2, 0.25) is 0 Å². The standard InChI is InChI=1S/C14H20ClNO.C4H4O4/c1-10(9-16-14(2,3)4)13(17)11-6-5-7-12(15)8-11;5-3(6)1-2-4(7)8/h5-8,10,16H,9H2,1-4H3;1-2H,(H,5,6)(H,7,8)/b;2-1+. The van der Waals surface area contributed by atoms with Gasteiger partial charge in [0.25, 0.3) is 0 Å². The van der Waals surface area contributed by atoms with E-state index in [0.717, 1.165) is 0 Å². The number of Topliss-reactive ketones (excluding diaryl/α,β-unsaturated/α-hetero) is 1. The fourth-order valence-corrected chi connectivity index (χ4v) is 1.81. The van der Waals surface area contributed by atoms with Gasteiger partial charge in [0, 0.05) is 40.7 Å². The first-order valence-electron chi connectivity index (χ1n) is 7.61. The Labute approximate surface area is 152 Å². The lowest BCUT2D eigenvalue weighted by Gasteiger charge is -2.23. The molecule has 0 aliphatic rings. The van der Waals surface area contributed by atoms with Crippen molar-refractivity contribution in [2.45, 2.75) is 33.2 Å². The zero-order valence-electron chi connectivity index (χ0n) is 14.7. The third-order valence-electron chi connectivity index (χ3n) is 2.86. The Morgan fingerprint density at radius 3 is 2.08 bits per heavy atom. The Balaban J connectivity index is 0.000000609. The van der Waals surface area contributed by atoms with Crippen LogP contribution in [-0.2, 0) is 9.59 Å². The minimum atomic E-state index is -1.26. The van der Waals surface area contributed by atoms with Gasteiger partial charge >= 0.3 is 11.9 Å². The Morgan fingerprint density at radius 1 is 1.16 bits per heavy atom. The molecular formula is C18H24ClNO5. The molecule has 25 heavy (non-hydrogen) atoms. The van der Waals surface area contributed by atoms with E-state index in [1.54, 1.807) is 18.2 Å². The van der Waals surface area contributed by atoms with E-state index in [1.807, 2.05) is 13.0 Å². The van der Waals surface area contributed by atoms with Crippen molar-refractivity contribution in [3.63, 3.8) is 0 Å². The zero-order chi connectivity index (χ0) is 19.6. The number of rotatable bonds is 6. The van der Waals surface area contributed by atoms with Crippen LogP contribution in [0.25, 0.3) is 0 Å². The maximum atomic E-state index is 12.1. The van der Waals surface area contributed by atoms with Crippen LogP contribution in [0.15, 0.2) is 36.4 Å². The minimum absolute atomic E-state index is 0.0306. The molecule has 0 heterocycles. The molecule has 0 spiro atoms. The van der Waals surface area contributed by atoms with Crippen molar-refractivity contribution in [3.05, 3.63) is 47.0 Å². The highest BCUT2D eigenvalue weighted by Crippen LogP contribution is 2.15. The molecule has 0 amide bonds. The van der Waals surface area contributed by atoms with E-state index in [0.29, 0.717) is 29.3 Å². The van der Waals surface area contributed by atoms with Crippen LogP contribution in [0.1, 0.15) is 38.1 Å². The smallest absolute Gasteiger partial charge is 0.328 e. The Hall–Kier alpha value is -2.18. The third-order valence-corrected chi connectivity index (χ3v) is 3.10. The van der Waals surface area contributed by atoms with Crippen LogP contribution in [-0.4, -0.2) is 40.0 Å². The average Bonchev–Trinajstić information content (AvgIpc) is 2.49. The number of carbonyl (C=O) groups is 3. The maximum absolute atomic E-state index is 12.1. The van der Waals surface area contributed by atoms with E-state index >= 15 is 0 Å². The van der Waals surface area contributed by atoms with Gasteiger partial charge in [-0.2, -0.15) is 0 Å². The third kappa shape index (κ3) is 11.9. The maximum Gasteiger partial charge on any atom is 0.328 e. The molecule has 0 fully saturated rings. The average molecular weight is 370 g/mol. The van der Waals surface area contributed by atoms with Gasteiger partial charge in [-0.3, -0.25) is 4.79 Å². The van der Waals surface area contributed by atoms with Crippen LogP contribution >= 0.6 is 11.6 Å². The minimum Gasteiger partial charge on any atom is -0.478 e. The van der Waals surface area contributed by atoms with E-state index in [-0.39, 0.29) is 17.2 Å². The number of halogens is 1. The topological polar surface area (TPSA) is 104 Å². The lowest BCUT2D eigenvalue weighted by atomic mass is 9.98. The molecule has 1 unspecified atom stereocenters. The molecule has 0 saturated carbocycles. The summed E-state index contributed by atoms with van der Waals surface area (Å²) in [4.78, 5) is 31.2. The predicted octanol–water partition coefficient (Wildman–Crippen LogP) is 3.26. The second-order valence-electron chi connectivity index (χ2n) is 6.42. The number of aliphatic carboxylic acids is 2. The summed E-state index contributed by atoms with van der Waals surface area (Å²) in [6.45, 7) is 8.87. The fraction of sp³-hybridized carbons (Fsp3) is 0.389. The Bertz CT molecular complexity index is 619. The van der Waals surface area contributed by atoms with Gasteiger partial charge in [-0.25, -0.2) is 9.59 Å². The van der Waals surface area contributed by atoms with Crippen LogP contribution in [0.5, 0.6) is 0 Å². The van der Waals surface area contributed by atoms with Crippen molar-refractivity contribution in [3.8, 4) is 0 Å². The largest absolute Gasteiger partial charge is 0.478 e. The van der Waals surface area contributed by atoms with Crippen molar-refractivity contribution in [2.24, 2.45) is 5.92 Å². The monoisotopic (exact) mass is 369 g/mol. The van der Waals surface area contributed by atoms with Crippen LogP contribution in [0, 0.1) is 5.92 Å². The molecule has 138 valence electrons. The van der Waals surface area contributed by atoms with Gasteiger partial charge in [0.15, 0.2) is 5.78 Å². The number of carboxylic acid groups (broad SMARTS) is 2. The molecule has 0 aliphatic carbocycles. The first kappa shape index (κ1) is 22.8. The van der Waals surface area contributed by atoms with Crippen molar-refractivity contribution < 1.29 is 24.6 Å². The second kappa shape index (κ2) is 10.6. The molecule has 1 atom stereocenters. The Morgan fingerprint density at radius 2 is 1.68 bits per heavy atom. The molecule has 6 nitrogen and oxygen atoms in total. The highest BCUT2D eigenvalue weighted by Gasteiger charge is 2.18. The molecule has 1 aromatic carbocycles. The van der Waals surface area contributed by atoms with E-state index in [1.165, 1.54) is 0 Å². The summed E-state index contributed by atoms with van der Waals surface area (Å²) >= 11 is 5.88. The summed E-state index contributed by atoms with van der Waals surface area (Å²) in [6.07, 6.45) is 1.12. The van der Waals surface area contributed by atoms with Gasteiger partial charge in [-0.1, -0.05) is 30.7 Å². The van der Waals surface area contributed by atoms with Crippen molar-refractivity contribution in [2.75, 3.05) is 6.54 Å². The molecule has 3 N–H and O–H groups in total. The summed E-state index contributed by atoms with van der Waals surface area (Å²) in [7, 11) is 0. The SMILES string of the molecule is CC(CNC(C)(C)C)C(=O)c1cccc(Cl)c1.O=C(O)/C=C/C(=O)O. The van der Waals surface area contributed by atoms with Gasteiger partial charge in [0.1, 0.15) is 0 Å². The van der Waals surface area contributed by atoms with Gasteiger partial charge in [-0.15, -0.1) is 0 Å². The number of hydrogen-bond acceptors (Lipinski definition) is 4. The number of benzene rings is 1. The van der Waals surface area contributed by atoms with E-state index in [9.17, 15) is 14.4 Å². The molecule has 1 rings (SSSR count). The van der Waals surface area contributed by atoms with Crippen molar-refractivity contribution >= 4 is 29.3 Å². The van der Waals surface area contributed by atoms with Crippen molar-refractivity contribution in [1.82, 2.24) is 5.32 Å². The van der Waals surface area contributed by atoms with Crippen LogP contribution in [0.4, 0.5) is 0 Å². The quantitative estimate of drug-likeness (QED) is 0.525. The summed E-state index contributed by atoms with van der Waals surface area (Å²) in [5.74, 6) is -2.43. The number of carbonyl (C=O) groups excluding carboxylic acids is 1. The summed E-state index contributed by atoms with van der Waals surface area (Å²) in [6, 6.07) is 7.11. The van der Waals surface area contributed by atoms with Crippen LogP contribution in [0.2, 0.25) is 5.02 Å². The second-order valence-corrected chi connectivity index (χ2v) is 6.85. The first-order valence-corrected chi connectivity index (χ1v) is 7.99. The van der Waals surface area contributed by atoms with Crippen molar-refractivity contribution in [1.29, 1.82) is 0 Å². The number of hydrogen-bond donors (Lipinski definition) is 3. The molecular weight excluding hydrogens is 346 g/mol. The number of nitrogens with one attached hydrogen (secondary N) is 1. The molecule has 0 bridgehead atoms. The van der Waals surface area contributed by atoms with Gasteiger partial charge in [0.05, 0.1) is 0 Å². The van der Waals surface area contributed by atoms with Crippen LogP contribution < -0.4 is 5.32 Å². The molecule has 0 saturated heterocycles. The highest BCUT2D eigenvalue weighted by atomic mass is 35.5. The predicted molar refractivity (Wildman–Crippen MR) is 97.1 cm³/mol.